The largest absolute Gasteiger partial charge is 0.394 e. The van der Waals surface area contributed by atoms with Gasteiger partial charge in [-0.25, -0.2) is 0 Å². The van der Waals surface area contributed by atoms with Crippen LogP contribution in [0.2, 0.25) is 0 Å². The van der Waals surface area contributed by atoms with E-state index in [2.05, 4.69) is 22.2 Å². The Morgan fingerprint density at radius 1 is 1.25 bits per heavy atom. The smallest absolute Gasteiger partial charge is 0.0613 e. The molecular weight excluding hydrogens is 250 g/mol. The van der Waals surface area contributed by atoms with E-state index in [9.17, 15) is 5.11 Å². The second kappa shape index (κ2) is 5.91. The fourth-order valence-corrected chi connectivity index (χ4v) is 4.87. The van der Waals surface area contributed by atoms with E-state index in [0.717, 1.165) is 24.8 Å². The maximum Gasteiger partial charge on any atom is 0.0613 e. The maximum absolute atomic E-state index is 9.67. The molecule has 2 aliphatic heterocycles. The maximum atomic E-state index is 9.67. The van der Waals surface area contributed by atoms with Crippen molar-refractivity contribution in [2.45, 2.75) is 56.1 Å². The molecule has 4 nitrogen and oxygen atoms in total. The molecule has 1 aliphatic carbocycles. The molecule has 20 heavy (non-hydrogen) atoms. The number of aliphatic hydroxyl groups excluding tert-OH is 1. The minimum Gasteiger partial charge on any atom is -0.394 e. The van der Waals surface area contributed by atoms with E-state index in [-0.39, 0.29) is 12.1 Å². The number of piperidine rings is 2. The van der Waals surface area contributed by atoms with Crippen LogP contribution >= 0.6 is 0 Å². The van der Waals surface area contributed by atoms with Crippen LogP contribution in [-0.4, -0.2) is 72.9 Å². The normalized spacial score (nSPS) is 43.6. The van der Waals surface area contributed by atoms with Crippen LogP contribution in [0, 0.1) is 5.92 Å². The summed E-state index contributed by atoms with van der Waals surface area (Å²) >= 11 is 0. The molecule has 3 aliphatic rings. The number of nitrogens with one attached hydrogen (secondary N) is 1. The Kier molecular flexibility index (Phi) is 4.37. The Morgan fingerprint density at radius 3 is 2.80 bits per heavy atom. The molecule has 0 aromatic heterocycles. The molecule has 2 heterocycles. The summed E-state index contributed by atoms with van der Waals surface area (Å²) in [6.45, 7) is 4.10. The Morgan fingerprint density at radius 2 is 2.10 bits per heavy atom. The van der Waals surface area contributed by atoms with Gasteiger partial charge in [0.1, 0.15) is 0 Å². The third-order valence-electron chi connectivity index (χ3n) is 6.31. The topological polar surface area (TPSA) is 38.7 Å². The zero-order chi connectivity index (χ0) is 14.2. The number of rotatable bonds is 3. The number of nitrogens with zero attached hydrogens (tertiary/aromatic N) is 2. The van der Waals surface area contributed by atoms with Gasteiger partial charge in [0.15, 0.2) is 0 Å². The van der Waals surface area contributed by atoms with E-state index in [1.165, 1.54) is 45.3 Å². The highest BCUT2D eigenvalue weighted by molar-refractivity contribution is 5.00. The molecule has 4 atom stereocenters. The molecule has 0 spiro atoms. The molecule has 4 unspecified atom stereocenters. The molecular formula is C16H31N3O. The molecule has 4 heteroatoms. The number of likely N-dealkylation sites (N-methyl/N-ethyl adjacent to an activating group) is 1. The summed E-state index contributed by atoms with van der Waals surface area (Å²) in [7, 11) is 4.31. The van der Waals surface area contributed by atoms with Crippen LogP contribution in [-0.2, 0) is 0 Å². The Hall–Kier alpha value is -0.160. The Bertz CT molecular complexity index is 332. The molecule has 0 aromatic rings. The van der Waals surface area contributed by atoms with Crippen molar-refractivity contribution in [2.75, 3.05) is 40.3 Å². The van der Waals surface area contributed by atoms with E-state index in [4.69, 9.17) is 0 Å². The van der Waals surface area contributed by atoms with E-state index in [0.29, 0.717) is 6.04 Å². The van der Waals surface area contributed by atoms with Crippen molar-refractivity contribution in [2.24, 2.45) is 5.92 Å². The predicted octanol–water partition coefficient (Wildman–Crippen LogP) is 0.905. The second-order valence-electron chi connectivity index (χ2n) is 7.32. The quantitative estimate of drug-likeness (QED) is 0.806. The fourth-order valence-electron chi connectivity index (χ4n) is 4.87. The predicted molar refractivity (Wildman–Crippen MR) is 81.8 cm³/mol. The molecule has 0 bridgehead atoms. The highest BCUT2D eigenvalue weighted by atomic mass is 16.3. The van der Waals surface area contributed by atoms with Gasteiger partial charge < -0.3 is 15.3 Å². The van der Waals surface area contributed by atoms with Gasteiger partial charge in [-0.05, 0) is 71.6 Å². The van der Waals surface area contributed by atoms with Gasteiger partial charge in [0.25, 0.3) is 0 Å². The Labute approximate surface area is 123 Å². The zero-order valence-electron chi connectivity index (χ0n) is 13.1. The van der Waals surface area contributed by atoms with Crippen LogP contribution in [0.4, 0.5) is 0 Å². The molecule has 0 aromatic carbocycles. The van der Waals surface area contributed by atoms with E-state index in [1.54, 1.807) is 0 Å². The van der Waals surface area contributed by atoms with Crippen LogP contribution in [0.1, 0.15) is 38.5 Å². The lowest BCUT2D eigenvalue weighted by atomic mass is 9.83. The van der Waals surface area contributed by atoms with Crippen molar-refractivity contribution < 1.29 is 5.11 Å². The number of aliphatic hydroxyl groups is 1. The highest BCUT2D eigenvalue weighted by Crippen LogP contribution is 2.37. The van der Waals surface area contributed by atoms with Crippen LogP contribution in [0.25, 0.3) is 0 Å². The highest BCUT2D eigenvalue weighted by Gasteiger charge is 2.42. The van der Waals surface area contributed by atoms with Crippen LogP contribution in [0.5, 0.6) is 0 Å². The first-order valence-corrected chi connectivity index (χ1v) is 8.41. The van der Waals surface area contributed by atoms with Crippen molar-refractivity contribution in [1.29, 1.82) is 0 Å². The molecule has 1 saturated carbocycles. The van der Waals surface area contributed by atoms with Gasteiger partial charge in [-0.1, -0.05) is 0 Å². The standard InChI is InChI=1S/C16H31N3O/c1-17-16(12-20)7-5-14(10-16)19-9-6-15-13(11-19)4-3-8-18(15)2/h13-15,17,20H,3-12H2,1-2H3. The second-order valence-corrected chi connectivity index (χ2v) is 7.32. The van der Waals surface area contributed by atoms with Crippen molar-refractivity contribution in [1.82, 2.24) is 15.1 Å². The van der Waals surface area contributed by atoms with Crippen LogP contribution in [0.15, 0.2) is 0 Å². The summed E-state index contributed by atoms with van der Waals surface area (Å²) in [4.78, 5) is 5.32. The van der Waals surface area contributed by atoms with Crippen molar-refractivity contribution in [3.63, 3.8) is 0 Å². The lowest BCUT2D eigenvalue weighted by Crippen LogP contribution is -2.55. The molecule has 3 fully saturated rings. The summed E-state index contributed by atoms with van der Waals surface area (Å²) in [5.41, 5.74) is -0.00906. The fraction of sp³-hybridized carbons (Fsp3) is 1.00. The average molecular weight is 281 g/mol. The lowest BCUT2D eigenvalue weighted by Gasteiger charge is -2.47. The molecule has 2 saturated heterocycles. The summed E-state index contributed by atoms with van der Waals surface area (Å²) < 4.78 is 0. The lowest BCUT2D eigenvalue weighted by molar-refractivity contribution is 0.0188. The van der Waals surface area contributed by atoms with Crippen molar-refractivity contribution in [3.8, 4) is 0 Å². The Balaban J connectivity index is 1.60. The van der Waals surface area contributed by atoms with Gasteiger partial charge in [0.05, 0.1) is 6.61 Å². The van der Waals surface area contributed by atoms with E-state index >= 15 is 0 Å². The third-order valence-corrected chi connectivity index (χ3v) is 6.31. The zero-order valence-corrected chi connectivity index (χ0v) is 13.1. The van der Waals surface area contributed by atoms with E-state index in [1.807, 2.05) is 7.05 Å². The van der Waals surface area contributed by atoms with Gasteiger partial charge in [0, 0.05) is 24.2 Å². The number of hydrogen-bond donors (Lipinski definition) is 2. The van der Waals surface area contributed by atoms with Gasteiger partial charge in [-0.3, -0.25) is 4.90 Å². The number of hydrogen-bond acceptors (Lipinski definition) is 4. The first-order chi connectivity index (χ1) is 9.67. The average Bonchev–Trinajstić information content (AvgIpc) is 2.92. The van der Waals surface area contributed by atoms with Crippen molar-refractivity contribution in [3.05, 3.63) is 0 Å². The molecule has 0 amide bonds. The monoisotopic (exact) mass is 281 g/mol. The van der Waals surface area contributed by atoms with E-state index < -0.39 is 0 Å². The molecule has 116 valence electrons. The molecule has 0 radical (unpaired) electrons. The number of likely N-dealkylation sites (tertiary alicyclic amines) is 2. The molecule has 3 rings (SSSR count). The first-order valence-electron chi connectivity index (χ1n) is 8.41. The van der Waals surface area contributed by atoms with Crippen LogP contribution < -0.4 is 5.32 Å². The summed E-state index contributed by atoms with van der Waals surface area (Å²) in [6, 6.07) is 1.51. The van der Waals surface area contributed by atoms with Gasteiger partial charge in [-0.2, -0.15) is 0 Å². The minimum atomic E-state index is -0.00906. The minimum absolute atomic E-state index is 0.00906. The van der Waals surface area contributed by atoms with Crippen LogP contribution in [0.3, 0.4) is 0 Å². The van der Waals surface area contributed by atoms with Gasteiger partial charge in [-0.15, -0.1) is 0 Å². The summed E-state index contributed by atoms with van der Waals surface area (Å²) in [5, 5.41) is 13.0. The van der Waals surface area contributed by atoms with Gasteiger partial charge in [0.2, 0.25) is 0 Å². The third kappa shape index (κ3) is 2.63. The summed E-state index contributed by atoms with van der Waals surface area (Å²) in [5.74, 6) is 0.876. The summed E-state index contributed by atoms with van der Waals surface area (Å²) in [6.07, 6.45) is 7.60. The SMILES string of the molecule is CNC1(CO)CCC(N2CCC3C(CCCN3C)C2)C1. The van der Waals surface area contributed by atoms with Crippen molar-refractivity contribution >= 4 is 0 Å². The first kappa shape index (κ1) is 14.8. The molecule has 2 N–H and O–H groups in total. The van der Waals surface area contributed by atoms with Gasteiger partial charge >= 0.3 is 0 Å². The number of fused-ring (bicyclic) bond motifs is 1.